The zero-order valence-electron chi connectivity index (χ0n) is 15.9. The van der Waals surface area contributed by atoms with Crippen LogP contribution in [0.2, 0.25) is 0 Å². The quantitative estimate of drug-likeness (QED) is 0.492. The van der Waals surface area contributed by atoms with Crippen molar-refractivity contribution in [3.8, 4) is 5.69 Å². The fourth-order valence-electron chi connectivity index (χ4n) is 3.30. The van der Waals surface area contributed by atoms with Gasteiger partial charge in [0, 0.05) is 13.1 Å². The van der Waals surface area contributed by atoms with E-state index in [1.165, 1.54) is 34.9 Å². The highest BCUT2D eigenvalue weighted by molar-refractivity contribution is 5.72. The van der Waals surface area contributed by atoms with Crippen molar-refractivity contribution >= 4 is 11.2 Å². The van der Waals surface area contributed by atoms with Gasteiger partial charge in [-0.1, -0.05) is 35.9 Å². The number of aromatic nitrogens is 4. The normalized spacial score (nSPS) is 11.1. The lowest BCUT2D eigenvalue weighted by atomic mass is 10.1. The minimum Gasteiger partial charge on any atom is -0.320 e. The molecule has 0 spiro atoms. The third-order valence-corrected chi connectivity index (χ3v) is 4.77. The summed E-state index contributed by atoms with van der Waals surface area (Å²) in [5.74, 6) is -0.414. The second-order valence-electron chi connectivity index (χ2n) is 6.83. The summed E-state index contributed by atoms with van der Waals surface area (Å²) in [6, 6.07) is 13.5. The first-order chi connectivity index (χ1) is 14.0. The monoisotopic (exact) mass is 390 g/mol. The third-order valence-electron chi connectivity index (χ3n) is 4.77. The topological polar surface area (TPSA) is 61.8 Å². The fraction of sp³-hybridized carbons (Fsp3) is 0.136. The van der Waals surface area contributed by atoms with Gasteiger partial charge in [-0.25, -0.2) is 18.7 Å². The summed E-state index contributed by atoms with van der Waals surface area (Å²) in [7, 11) is 0. The molecular weight excluding hydrogens is 371 g/mol. The lowest BCUT2D eigenvalue weighted by molar-refractivity contribution is 0.626. The Bertz CT molecular complexity index is 1310. The molecule has 0 saturated heterocycles. The van der Waals surface area contributed by atoms with Crippen molar-refractivity contribution in [2.75, 3.05) is 0 Å². The summed E-state index contributed by atoms with van der Waals surface area (Å²) in [6.07, 6.45) is 3.04. The van der Waals surface area contributed by atoms with Gasteiger partial charge in [-0.15, -0.1) is 6.58 Å². The number of allylic oxidation sites excluding steroid dienone is 1. The van der Waals surface area contributed by atoms with Gasteiger partial charge in [0.2, 0.25) is 0 Å². The van der Waals surface area contributed by atoms with Crippen LogP contribution in [0.1, 0.15) is 11.1 Å². The number of nitrogens with zero attached hydrogens (tertiary/aromatic N) is 4. The van der Waals surface area contributed by atoms with Crippen molar-refractivity contribution in [2.24, 2.45) is 0 Å². The van der Waals surface area contributed by atoms with E-state index in [1.54, 1.807) is 10.9 Å². The Labute approximate surface area is 165 Å². The zero-order valence-corrected chi connectivity index (χ0v) is 15.9. The molecule has 0 N–H and O–H groups in total. The second-order valence-corrected chi connectivity index (χ2v) is 6.83. The molecule has 0 atom stereocenters. The van der Waals surface area contributed by atoms with Crippen LogP contribution in [-0.4, -0.2) is 18.7 Å². The summed E-state index contributed by atoms with van der Waals surface area (Å²) >= 11 is 0. The minimum absolute atomic E-state index is 0.0600. The highest BCUT2D eigenvalue weighted by atomic mass is 19.1. The van der Waals surface area contributed by atoms with Crippen LogP contribution in [0.25, 0.3) is 16.9 Å². The van der Waals surface area contributed by atoms with Gasteiger partial charge in [-0.3, -0.25) is 9.36 Å². The molecule has 0 aliphatic rings. The Morgan fingerprint density at radius 1 is 1.07 bits per heavy atom. The summed E-state index contributed by atoms with van der Waals surface area (Å²) in [5, 5.41) is 0. The molecule has 0 aliphatic heterocycles. The predicted octanol–water partition coefficient (Wildman–Crippen LogP) is 3.03. The Hall–Kier alpha value is -3.74. The van der Waals surface area contributed by atoms with Gasteiger partial charge in [-0.2, -0.15) is 0 Å². The molecule has 2 aromatic heterocycles. The van der Waals surface area contributed by atoms with Crippen LogP contribution >= 0.6 is 0 Å². The van der Waals surface area contributed by atoms with Gasteiger partial charge in [0.1, 0.15) is 5.82 Å². The maximum atomic E-state index is 13.4. The van der Waals surface area contributed by atoms with Gasteiger partial charge >= 0.3 is 5.69 Å². The molecule has 7 heteroatoms. The number of rotatable bonds is 5. The number of benzene rings is 2. The number of aryl methyl sites for hydroxylation is 1. The molecule has 29 heavy (non-hydrogen) atoms. The summed E-state index contributed by atoms with van der Waals surface area (Å²) < 4.78 is 17.5. The molecule has 2 aromatic carbocycles. The molecule has 0 amide bonds. The summed E-state index contributed by atoms with van der Waals surface area (Å²) in [4.78, 5) is 30.5. The van der Waals surface area contributed by atoms with Crippen molar-refractivity contribution < 1.29 is 4.39 Å². The van der Waals surface area contributed by atoms with E-state index in [-0.39, 0.29) is 12.2 Å². The van der Waals surface area contributed by atoms with E-state index in [2.05, 4.69) is 11.6 Å². The lowest BCUT2D eigenvalue weighted by Crippen LogP contribution is -2.39. The van der Waals surface area contributed by atoms with Gasteiger partial charge in [0.25, 0.3) is 5.56 Å². The molecule has 4 aromatic rings. The summed E-state index contributed by atoms with van der Waals surface area (Å²) in [6.45, 7) is 6.14. The molecule has 0 saturated carbocycles. The van der Waals surface area contributed by atoms with Crippen LogP contribution < -0.4 is 11.2 Å². The highest BCUT2D eigenvalue weighted by Crippen LogP contribution is 2.15. The zero-order chi connectivity index (χ0) is 20.5. The number of hydrogen-bond donors (Lipinski definition) is 0. The fourth-order valence-corrected chi connectivity index (χ4v) is 3.30. The molecule has 0 radical (unpaired) electrons. The van der Waals surface area contributed by atoms with Gasteiger partial charge in [-0.05, 0) is 36.8 Å². The molecule has 2 heterocycles. The van der Waals surface area contributed by atoms with Crippen LogP contribution in [-0.2, 0) is 13.1 Å². The maximum Gasteiger partial charge on any atom is 0.337 e. The van der Waals surface area contributed by atoms with Crippen molar-refractivity contribution in [3.05, 3.63) is 105 Å². The minimum atomic E-state index is -0.547. The number of fused-ring (bicyclic) bond motifs is 1. The molecule has 0 unspecified atom stereocenters. The van der Waals surface area contributed by atoms with Crippen LogP contribution in [0, 0.1) is 12.7 Å². The molecule has 0 aliphatic carbocycles. The molecule has 6 nitrogen and oxygen atoms in total. The van der Waals surface area contributed by atoms with E-state index < -0.39 is 17.1 Å². The number of imidazole rings is 1. The SMILES string of the molecule is C=CCn1c(=O)c2c(ncn2Cc2ccc(C)cc2)n(-c2ccc(F)cc2)c1=O. The van der Waals surface area contributed by atoms with Gasteiger partial charge < -0.3 is 4.57 Å². The van der Waals surface area contributed by atoms with Gasteiger partial charge in [0.05, 0.1) is 12.0 Å². The molecule has 0 bridgehead atoms. The van der Waals surface area contributed by atoms with E-state index in [0.29, 0.717) is 17.7 Å². The standard InChI is InChI=1S/C22H19FN4O2/c1-3-12-26-21(28)19-20(27(22(26)29)18-10-8-17(23)9-11-18)24-14-25(19)13-16-6-4-15(2)5-7-16/h3-11,14H,1,12-13H2,2H3. The largest absolute Gasteiger partial charge is 0.337 e. The number of halogens is 1. The Morgan fingerprint density at radius 2 is 1.76 bits per heavy atom. The van der Waals surface area contributed by atoms with Crippen molar-refractivity contribution in [1.29, 1.82) is 0 Å². The summed E-state index contributed by atoms with van der Waals surface area (Å²) in [5.41, 5.74) is 2.13. The first-order valence-corrected chi connectivity index (χ1v) is 9.12. The molecule has 0 fully saturated rings. The Kier molecular flexibility index (Phi) is 4.72. The average Bonchev–Trinajstić information content (AvgIpc) is 3.12. The van der Waals surface area contributed by atoms with E-state index >= 15 is 0 Å². The predicted molar refractivity (Wildman–Crippen MR) is 110 cm³/mol. The van der Waals surface area contributed by atoms with E-state index in [4.69, 9.17) is 0 Å². The van der Waals surface area contributed by atoms with Gasteiger partial charge in [0.15, 0.2) is 11.2 Å². The highest BCUT2D eigenvalue weighted by Gasteiger charge is 2.19. The molecular formula is C22H19FN4O2. The first kappa shape index (κ1) is 18.6. The number of hydrogen-bond acceptors (Lipinski definition) is 3. The second kappa shape index (κ2) is 7.35. The van der Waals surface area contributed by atoms with Crippen LogP contribution in [0.5, 0.6) is 0 Å². The van der Waals surface area contributed by atoms with E-state index in [9.17, 15) is 14.0 Å². The smallest absolute Gasteiger partial charge is 0.320 e. The van der Waals surface area contributed by atoms with E-state index in [1.807, 2.05) is 31.2 Å². The first-order valence-electron chi connectivity index (χ1n) is 9.12. The van der Waals surface area contributed by atoms with Crippen molar-refractivity contribution in [2.45, 2.75) is 20.0 Å². The molecule has 146 valence electrons. The van der Waals surface area contributed by atoms with E-state index in [0.717, 1.165) is 15.7 Å². The molecule has 4 rings (SSSR count). The van der Waals surface area contributed by atoms with Crippen LogP contribution in [0.4, 0.5) is 4.39 Å². The average molecular weight is 390 g/mol. The van der Waals surface area contributed by atoms with Crippen molar-refractivity contribution in [1.82, 2.24) is 18.7 Å². The van der Waals surface area contributed by atoms with Crippen molar-refractivity contribution in [3.63, 3.8) is 0 Å². The Morgan fingerprint density at radius 3 is 2.41 bits per heavy atom. The van der Waals surface area contributed by atoms with Crippen LogP contribution in [0.3, 0.4) is 0 Å². The Balaban J connectivity index is 1.98. The van der Waals surface area contributed by atoms with Crippen LogP contribution in [0.15, 0.2) is 77.1 Å². The third kappa shape index (κ3) is 3.31. The maximum absolute atomic E-state index is 13.4. The lowest BCUT2D eigenvalue weighted by Gasteiger charge is -2.12.